The molecule has 3 rings (SSSR count). The fourth-order valence-corrected chi connectivity index (χ4v) is 2.84. The fourth-order valence-electron chi connectivity index (χ4n) is 2.62. The molecule has 0 unspecified atom stereocenters. The van der Waals surface area contributed by atoms with Crippen molar-refractivity contribution in [2.75, 3.05) is 7.11 Å². The standard InChI is InChI=1S/C18H14ClN3O5/c1-9-4-3-5-11-15(9)20-17(21-18(11)24)12(19)6-10-7-13(22(25)26)16(23)14(8-10)27-2/h3-8,23H,1-2H3,(H,20,21,24)/b12-6-. The number of ether oxygens (including phenoxy) is 1. The monoisotopic (exact) mass is 387 g/mol. The second-order valence-corrected chi connectivity index (χ2v) is 6.13. The highest BCUT2D eigenvalue weighted by atomic mass is 35.5. The SMILES string of the molecule is COc1cc(/C=C(\Cl)c2nc3c(C)cccc3c(=O)[nH]2)cc([N+](=O)[O-])c1O. The van der Waals surface area contributed by atoms with Crippen molar-refractivity contribution in [1.29, 1.82) is 0 Å². The first-order chi connectivity index (χ1) is 12.8. The predicted molar refractivity (Wildman–Crippen MR) is 102 cm³/mol. The highest BCUT2D eigenvalue weighted by Crippen LogP contribution is 2.38. The Balaban J connectivity index is 2.15. The number of nitro groups is 1. The summed E-state index contributed by atoms with van der Waals surface area (Å²) in [6.07, 6.45) is 1.39. The molecule has 1 heterocycles. The zero-order valence-corrected chi connectivity index (χ0v) is 15.1. The van der Waals surface area contributed by atoms with Crippen LogP contribution in [0.3, 0.4) is 0 Å². The number of nitrogens with one attached hydrogen (secondary N) is 1. The maximum atomic E-state index is 12.3. The second kappa shape index (κ2) is 7.08. The first-order valence-electron chi connectivity index (χ1n) is 7.74. The summed E-state index contributed by atoms with van der Waals surface area (Å²) in [6.45, 7) is 1.82. The molecule has 0 aliphatic carbocycles. The van der Waals surface area contributed by atoms with E-state index in [-0.39, 0.29) is 22.2 Å². The number of nitrogens with zero attached hydrogens (tertiary/aromatic N) is 2. The summed E-state index contributed by atoms with van der Waals surface area (Å²) >= 11 is 6.29. The number of hydrogen-bond donors (Lipinski definition) is 2. The van der Waals surface area contributed by atoms with E-state index in [0.717, 1.165) is 11.6 Å². The molecule has 1 aromatic heterocycles. The normalized spacial score (nSPS) is 11.6. The van der Waals surface area contributed by atoms with E-state index in [9.17, 15) is 20.0 Å². The molecule has 2 N–H and O–H groups in total. The molecule has 0 aliphatic heterocycles. The van der Waals surface area contributed by atoms with Crippen molar-refractivity contribution < 1.29 is 14.8 Å². The summed E-state index contributed by atoms with van der Waals surface area (Å²) in [5, 5.41) is 21.4. The third-order valence-corrected chi connectivity index (χ3v) is 4.24. The minimum atomic E-state index is -0.734. The molecule has 0 bridgehead atoms. The van der Waals surface area contributed by atoms with E-state index in [4.69, 9.17) is 16.3 Å². The zero-order valence-electron chi connectivity index (χ0n) is 14.3. The van der Waals surface area contributed by atoms with Crippen molar-refractivity contribution in [3.8, 4) is 11.5 Å². The molecule has 0 atom stereocenters. The maximum Gasteiger partial charge on any atom is 0.315 e. The second-order valence-electron chi connectivity index (χ2n) is 5.73. The number of halogens is 1. The molecule has 8 nitrogen and oxygen atoms in total. The number of aromatic hydroxyl groups is 1. The van der Waals surface area contributed by atoms with Gasteiger partial charge in [-0.1, -0.05) is 23.7 Å². The molecule has 0 fully saturated rings. The van der Waals surface area contributed by atoms with Gasteiger partial charge in [0.25, 0.3) is 5.56 Å². The molecule has 0 saturated carbocycles. The van der Waals surface area contributed by atoms with Crippen LogP contribution in [0.2, 0.25) is 0 Å². The number of methoxy groups -OCH3 is 1. The lowest BCUT2D eigenvalue weighted by atomic mass is 10.1. The molecule has 0 aliphatic rings. The van der Waals surface area contributed by atoms with Crippen LogP contribution in [0.5, 0.6) is 11.5 Å². The van der Waals surface area contributed by atoms with Gasteiger partial charge in [0, 0.05) is 6.07 Å². The van der Waals surface area contributed by atoms with E-state index in [1.54, 1.807) is 12.1 Å². The number of H-pyrrole nitrogens is 1. The molecular weight excluding hydrogens is 374 g/mol. The molecule has 27 heavy (non-hydrogen) atoms. The largest absolute Gasteiger partial charge is 0.500 e. The Hall–Kier alpha value is -3.39. The molecule has 3 aromatic rings. The van der Waals surface area contributed by atoms with Gasteiger partial charge in [0.05, 0.1) is 28.0 Å². The minimum Gasteiger partial charge on any atom is -0.500 e. The Bertz CT molecular complexity index is 1150. The lowest BCUT2D eigenvalue weighted by Gasteiger charge is -2.07. The number of para-hydroxylation sites is 1. The van der Waals surface area contributed by atoms with Gasteiger partial charge in [0.2, 0.25) is 5.75 Å². The smallest absolute Gasteiger partial charge is 0.315 e. The Kier molecular flexibility index (Phi) is 4.83. The number of nitro benzene ring substituents is 1. The number of benzene rings is 2. The van der Waals surface area contributed by atoms with Gasteiger partial charge >= 0.3 is 5.69 Å². The Morgan fingerprint density at radius 1 is 1.41 bits per heavy atom. The summed E-state index contributed by atoms with van der Waals surface area (Å²) < 4.78 is 4.96. The highest BCUT2D eigenvalue weighted by Gasteiger charge is 2.19. The lowest BCUT2D eigenvalue weighted by molar-refractivity contribution is -0.386. The van der Waals surface area contributed by atoms with Crippen LogP contribution in [0.4, 0.5) is 5.69 Å². The van der Waals surface area contributed by atoms with Crippen molar-refractivity contribution in [1.82, 2.24) is 9.97 Å². The molecule has 0 amide bonds. The lowest BCUT2D eigenvalue weighted by Crippen LogP contribution is -2.11. The van der Waals surface area contributed by atoms with Crippen LogP contribution in [0, 0.1) is 17.0 Å². The van der Waals surface area contributed by atoms with Gasteiger partial charge in [-0.25, -0.2) is 4.98 Å². The van der Waals surface area contributed by atoms with Crippen molar-refractivity contribution >= 4 is 39.3 Å². The van der Waals surface area contributed by atoms with E-state index >= 15 is 0 Å². The van der Waals surface area contributed by atoms with E-state index < -0.39 is 16.4 Å². The summed E-state index contributed by atoms with van der Waals surface area (Å²) in [5.41, 5.74) is 0.748. The molecule has 0 saturated heterocycles. The molecule has 138 valence electrons. The summed E-state index contributed by atoms with van der Waals surface area (Å²) in [5.74, 6) is -0.530. The quantitative estimate of drug-likeness (QED) is 0.521. The first kappa shape index (κ1) is 18.4. The predicted octanol–water partition coefficient (Wildman–Crippen LogP) is 3.59. The van der Waals surface area contributed by atoms with Crippen LogP contribution in [0.1, 0.15) is 17.0 Å². The van der Waals surface area contributed by atoms with Gasteiger partial charge < -0.3 is 14.8 Å². The Labute approximate surface area is 157 Å². The first-order valence-corrected chi connectivity index (χ1v) is 8.12. The number of phenolic OH excluding ortho intramolecular Hbond substituents is 1. The number of aromatic amines is 1. The van der Waals surface area contributed by atoms with Gasteiger partial charge in [0.15, 0.2) is 11.6 Å². The van der Waals surface area contributed by atoms with E-state index in [1.807, 2.05) is 13.0 Å². The average Bonchev–Trinajstić information content (AvgIpc) is 2.63. The fraction of sp³-hybridized carbons (Fsp3) is 0.111. The zero-order chi connectivity index (χ0) is 19.7. The Morgan fingerprint density at radius 2 is 2.15 bits per heavy atom. The number of rotatable bonds is 4. The van der Waals surface area contributed by atoms with Crippen LogP contribution >= 0.6 is 11.6 Å². The van der Waals surface area contributed by atoms with Crippen molar-refractivity contribution in [3.05, 3.63) is 67.8 Å². The molecule has 9 heteroatoms. The summed E-state index contributed by atoms with van der Waals surface area (Å²) in [7, 11) is 1.28. The van der Waals surface area contributed by atoms with Gasteiger partial charge in [-0.15, -0.1) is 0 Å². The summed E-state index contributed by atoms with van der Waals surface area (Å²) in [4.78, 5) is 29.6. The van der Waals surface area contributed by atoms with Crippen LogP contribution in [0.15, 0.2) is 35.1 Å². The van der Waals surface area contributed by atoms with Crippen LogP contribution < -0.4 is 10.3 Å². The minimum absolute atomic E-state index is 0.0688. The van der Waals surface area contributed by atoms with Gasteiger partial charge in [-0.3, -0.25) is 14.9 Å². The molecule has 2 aromatic carbocycles. The topological polar surface area (TPSA) is 118 Å². The summed E-state index contributed by atoms with van der Waals surface area (Å²) in [6, 6.07) is 7.77. The van der Waals surface area contributed by atoms with E-state index in [2.05, 4.69) is 9.97 Å². The van der Waals surface area contributed by atoms with Crippen molar-refractivity contribution in [3.63, 3.8) is 0 Å². The maximum absolute atomic E-state index is 12.3. The van der Waals surface area contributed by atoms with E-state index in [1.165, 1.54) is 19.3 Å². The molecule has 0 radical (unpaired) electrons. The van der Waals surface area contributed by atoms with Gasteiger partial charge in [-0.2, -0.15) is 0 Å². The van der Waals surface area contributed by atoms with Gasteiger partial charge in [-0.05, 0) is 36.3 Å². The van der Waals surface area contributed by atoms with Gasteiger partial charge in [0.1, 0.15) is 0 Å². The van der Waals surface area contributed by atoms with Crippen LogP contribution in [-0.2, 0) is 0 Å². The van der Waals surface area contributed by atoms with Crippen LogP contribution in [-0.4, -0.2) is 27.1 Å². The van der Waals surface area contributed by atoms with Crippen LogP contribution in [0.25, 0.3) is 22.0 Å². The molecule has 0 spiro atoms. The third kappa shape index (κ3) is 3.47. The van der Waals surface area contributed by atoms with E-state index in [0.29, 0.717) is 16.5 Å². The third-order valence-electron chi connectivity index (χ3n) is 3.95. The average molecular weight is 388 g/mol. The number of aromatic nitrogens is 2. The van der Waals surface area contributed by atoms with Crippen molar-refractivity contribution in [2.24, 2.45) is 0 Å². The number of phenols is 1. The highest BCUT2D eigenvalue weighted by molar-refractivity contribution is 6.50. The Morgan fingerprint density at radius 3 is 2.81 bits per heavy atom. The number of fused-ring (bicyclic) bond motifs is 1. The van der Waals surface area contributed by atoms with Crippen molar-refractivity contribution in [2.45, 2.75) is 6.92 Å². The number of hydrogen-bond acceptors (Lipinski definition) is 6. The molecular formula is C18H14ClN3O5. The number of aryl methyl sites for hydroxylation is 1.